The van der Waals surface area contributed by atoms with E-state index < -0.39 is 10.2 Å². The molecule has 0 atom stereocenters. The van der Waals surface area contributed by atoms with Gasteiger partial charge in [0.05, 0.1) is 0 Å². The van der Waals surface area contributed by atoms with Crippen molar-refractivity contribution >= 4 is 10.2 Å². The first-order valence-corrected chi connectivity index (χ1v) is 6.49. The molecular weight excluding hydrogens is 154 g/mol. The number of hydrogen-bond acceptors (Lipinski definition) is 1. The van der Waals surface area contributed by atoms with E-state index in [0.29, 0.717) is 0 Å². The minimum atomic E-state index is -0.657. The van der Waals surface area contributed by atoms with E-state index in [1.807, 2.05) is 6.08 Å². The van der Waals surface area contributed by atoms with Crippen molar-refractivity contribution in [3.63, 3.8) is 0 Å². The molecule has 0 aromatic carbocycles. The third-order valence-corrected chi connectivity index (χ3v) is 3.35. The average molecular weight is 175 g/mol. The van der Waals surface area contributed by atoms with Gasteiger partial charge in [-0.05, 0) is 33.3 Å². The number of rotatable bonds is 3. The molecule has 2 heteroatoms. The minimum Gasteiger partial charge on any atom is -0.276 e. The van der Waals surface area contributed by atoms with Crippen molar-refractivity contribution in [2.75, 3.05) is 18.3 Å². The van der Waals surface area contributed by atoms with Crippen LogP contribution in [-0.2, 0) is 0 Å². The molecule has 0 aliphatic rings. The number of hydrogen-bond donors (Lipinski definition) is 1. The van der Waals surface area contributed by atoms with Crippen molar-refractivity contribution in [3.8, 4) is 0 Å². The lowest BCUT2D eigenvalue weighted by molar-refractivity contribution is 0.531. The molecule has 0 rings (SSSR count). The summed E-state index contributed by atoms with van der Waals surface area (Å²) in [5.74, 6) is 1.09. The lowest BCUT2D eigenvalue weighted by Gasteiger charge is -2.38. The molecule has 11 heavy (non-hydrogen) atoms. The molecule has 0 spiro atoms. The average Bonchev–Trinajstić information content (AvgIpc) is 1.55. The van der Waals surface area contributed by atoms with Crippen molar-refractivity contribution in [2.24, 2.45) is 0 Å². The normalized spacial score (nSPS) is 14.6. The van der Waals surface area contributed by atoms with Gasteiger partial charge in [0.15, 0.2) is 0 Å². The highest BCUT2D eigenvalue weighted by atomic mass is 32.3. The van der Waals surface area contributed by atoms with Gasteiger partial charge in [-0.3, -0.25) is 4.72 Å². The Morgan fingerprint density at radius 2 is 1.82 bits per heavy atom. The summed E-state index contributed by atoms with van der Waals surface area (Å²) in [5.41, 5.74) is 0.224. The molecular formula is C9H21NS. The number of nitrogens with one attached hydrogen (secondary N) is 1. The lowest BCUT2D eigenvalue weighted by Crippen LogP contribution is -2.38. The highest BCUT2D eigenvalue weighted by Crippen LogP contribution is 2.36. The third kappa shape index (κ3) is 6.45. The topological polar surface area (TPSA) is 12.0 Å². The summed E-state index contributed by atoms with van der Waals surface area (Å²) in [7, 11) is -0.657. The second-order valence-corrected chi connectivity index (χ2v) is 7.96. The van der Waals surface area contributed by atoms with E-state index in [1.165, 1.54) is 0 Å². The molecule has 0 aromatic heterocycles. The standard InChI is InChI=1S/C9H21NS/c1-7-8-11(5,6)10-9(2,3)4/h7,10H,1,8H2,2-6H3. The molecule has 0 radical (unpaired) electrons. The quantitative estimate of drug-likeness (QED) is 0.650. The Labute approximate surface area is 72.7 Å². The molecule has 1 nitrogen and oxygen atoms in total. The third-order valence-electron chi connectivity index (χ3n) is 1.12. The van der Waals surface area contributed by atoms with Crippen LogP contribution in [0.1, 0.15) is 20.8 Å². The molecule has 0 saturated heterocycles. The molecule has 0 fully saturated rings. The highest BCUT2D eigenvalue weighted by molar-refractivity contribution is 8.31. The van der Waals surface area contributed by atoms with Crippen LogP contribution in [0.15, 0.2) is 12.7 Å². The van der Waals surface area contributed by atoms with Crippen molar-refractivity contribution in [3.05, 3.63) is 12.7 Å². The molecule has 0 unspecified atom stereocenters. The van der Waals surface area contributed by atoms with Gasteiger partial charge in [-0.15, -0.1) is 6.58 Å². The van der Waals surface area contributed by atoms with Gasteiger partial charge in [-0.1, -0.05) is 6.08 Å². The second kappa shape index (κ2) is 3.63. The molecule has 0 saturated carbocycles. The largest absolute Gasteiger partial charge is 0.276 e. The van der Waals surface area contributed by atoms with Crippen LogP contribution >= 0.6 is 10.2 Å². The summed E-state index contributed by atoms with van der Waals surface area (Å²) in [5, 5.41) is 0. The molecule has 0 amide bonds. The molecule has 0 aliphatic carbocycles. The molecule has 0 aliphatic heterocycles. The fraction of sp³-hybridized carbons (Fsp3) is 0.778. The summed E-state index contributed by atoms with van der Waals surface area (Å²) in [6.45, 7) is 10.4. The Morgan fingerprint density at radius 1 is 1.36 bits per heavy atom. The lowest BCUT2D eigenvalue weighted by atomic mass is 10.1. The van der Waals surface area contributed by atoms with Gasteiger partial charge < -0.3 is 0 Å². The van der Waals surface area contributed by atoms with E-state index in [2.05, 4.69) is 44.6 Å². The molecule has 0 aromatic rings. The van der Waals surface area contributed by atoms with Crippen molar-refractivity contribution in [1.29, 1.82) is 0 Å². The second-order valence-electron chi connectivity index (χ2n) is 4.35. The van der Waals surface area contributed by atoms with Gasteiger partial charge in [0.2, 0.25) is 0 Å². The Bertz CT molecular complexity index is 133. The zero-order chi connectivity index (χ0) is 9.12. The Kier molecular flexibility index (Phi) is 3.65. The van der Waals surface area contributed by atoms with Gasteiger partial charge in [0, 0.05) is 11.3 Å². The van der Waals surface area contributed by atoms with Gasteiger partial charge in [-0.25, -0.2) is 0 Å². The summed E-state index contributed by atoms with van der Waals surface area (Å²) >= 11 is 0. The van der Waals surface area contributed by atoms with Crippen LogP contribution in [0.2, 0.25) is 0 Å². The monoisotopic (exact) mass is 175 g/mol. The predicted octanol–water partition coefficient (Wildman–Crippen LogP) is 2.54. The van der Waals surface area contributed by atoms with Gasteiger partial charge in [0.1, 0.15) is 0 Å². The Morgan fingerprint density at radius 3 is 2.09 bits per heavy atom. The van der Waals surface area contributed by atoms with Gasteiger partial charge >= 0.3 is 0 Å². The van der Waals surface area contributed by atoms with Crippen LogP contribution in [0.4, 0.5) is 0 Å². The summed E-state index contributed by atoms with van der Waals surface area (Å²) in [4.78, 5) is 0. The van der Waals surface area contributed by atoms with Gasteiger partial charge in [0.25, 0.3) is 0 Å². The fourth-order valence-corrected chi connectivity index (χ4v) is 3.50. The van der Waals surface area contributed by atoms with Crippen LogP contribution in [0.5, 0.6) is 0 Å². The molecule has 0 heterocycles. The van der Waals surface area contributed by atoms with E-state index >= 15 is 0 Å². The van der Waals surface area contributed by atoms with E-state index in [-0.39, 0.29) is 5.54 Å². The maximum absolute atomic E-state index is 3.76. The smallest absolute Gasteiger partial charge is 0.0183 e. The zero-order valence-electron chi connectivity index (χ0n) is 8.40. The van der Waals surface area contributed by atoms with Crippen molar-refractivity contribution in [1.82, 2.24) is 4.72 Å². The first-order valence-electron chi connectivity index (χ1n) is 3.88. The van der Waals surface area contributed by atoms with E-state index in [1.54, 1.807) is 0 Å². The summed E-state index contributed by atoms with van der Waals surface area (Å²) < 4.78 is 3.61. The molecule has 68 valence electrons. The minimum absolute atomic E-state index is 0.224. The zero-order valence-corrected chi connectivity index (χ0v) is 9.22. The first kappa shape index (κ1) is 11.1. The fourth-order valence-electron chi connectivity index (χ4n) is 1.17. The van der Waals surface area contributed by atoms with Crippen LogP contribution in [0.25, 0.3) is 0 Å². The van der Waals surface area contributed by atoms with Crippen molar-refractivity contribution in [2.45, 2.75) is 26.3 Å². The van der Waals surface area contributed by atoms with Crippen LogP contribution < -0.4 is 4.72 Å². The van der Waals surface area contributed by atoms with Gasteiger partial charge in [-0.2, -0.15) is 10.2 Å². The predicted molar refractivity (Wildman–Crippen MR) is 57.4 cm³/mol. The summed E-state index contributed by atoms with van der Waals surface area (Å²) in [6.07, 6.45) is 6.55. The van der Waals surface area contributed by atoms with Crippen molar-refractivity contribution < 1.29 is 0 Å². The highest BCUT2D eigenvalue weighted by Gasteiger charge is 2.17. The first-order chi connectivity index (χ1) is 4.77. The van der Waals surface area contributed by atoms with Crippen LogP contribution in [0.3, 0.4) is 0 Å². The van der Waals surface area contributed by atoms with E-state index in [9.17, 15) is 0 Å². The van der Waals surface area contributed by atoms with E-state index in [0.717, 1.165) is 5.75 Å². The molecule has 0 bridgehead atoms. The molecule has 1 N–H and O–H groups in total. The maximum Gasteiger partial charge on any atom is 0.0183 e. The maximum atomic E-state index is 3.76. The summed E-state index contributed by atoms with van der Waals surface area (Å²) in [6, 6.07) is 0. The Balaban J connectivity index is 4.00. The van der Waals surface area contributed by atoms with Crippen LogP contribution in [-0.4, -0.2) is 23.8 Å². The van der Waals surface area contributed by atoms with E-state index in [4.69, 9.17) is 0 Å². The SMILES string of the molecule is C=CCS(C)(C)NC(C)(C)C. The van der Waals surface area contributed by atoms with Crippen LogP contribution in [0, 0.1) is 0 Å². The Hall–Kier alpha value is 0.0500.